The van der Waals surface area contributed by atoms with Crippen LogP contribution in [0.2, 0.25) is 0 Å². The van der Waals surface area contributed by atoms with E-state index in [-0.39, 0.29) is 12.5 Å². The molecular formula is C21H28N2O8. The average Bonchev–Trinajstić information content (AvgIpc) is 3.19. The van der Waals surface area contributed by atoms with E-state index in [1.54, 1.807) is 59.1 Å². The minimum atomic E-state index is -1.01. The molecule has 3 fully saturated rings. The molecule has 0 unspecified atom stereocenters. The number of carbonyl (C=O) groups is 2. The zero-order valence-corrected chi connectivity index (χ0v) is 18.2. The van der Waals surface area contributed by atoms with Crippen molar-refractivity contribution < 1.29 is 38.0 Å². The summed E-state index contributed by atoms with van der Waals surface area (Å²) in [7, 11) is 1.56. The highest BCUT2D eigenvalue weighted by Crippen LogP contribution is 2.44. The minimum absolute atomic E-state index is 0.233. The van der Waals surface area contributed by atoms with Crippen LogP contribution in [0, 0.1) is 0 Å². The molecule has 3 heterocycles. The fourth-order valence-electron chi connectivity index (χ4n) is 3.97. The number of amides is 2. The molecule has 1 aromatic rings. The summed E-state index contributed by atoms with van der Waals surface area (Å²) in [6.07, 6.45) is -3.56. The Labute approximate surface area is 180 Å². The quantitative estimate of drug-likeness (QED) is 0.707. The van der Waals surface area contributed by atoms with Crippen molar-refractivity contribution in [1.82, 2.24) is 5.32 Å². The van der Waals surface area contributed by atoms with E-state index < -0.39 is 48.2 Å². The topological polar surface area (TPSA) is 114 Å². The lowest BCUT2D eigenvalue weighted by Gasteiger charge is -2.36. The van der Waals surface area contributed by atoms with Gasteiger partial charge in [-0.05, 0) is 52.0 Å². The number of methoxy groups -OCH3 is 1. The Morgan fingerprint density at radius 2 is 1.55 bits per heavy atom. The van der Waals surface area contributed by atoms with Gasteiger partial charge in [-0.2, -0.15) is 0 Å². The van der Waals surface area contributed by atoms with Gasteiger partial charge in [-0.15, -0.1) is 0 Å². The zero-order valence-electron chi connectivity index (χ0n) is 18.2. The summed E-state index contributed by atoms with van der Waals surface area (Å²) in [5.74, 6) is -1.98. The van der Waals surface area contributed by atoms with Crippen LogP contribution in [-0.2, 0) is 33.3 Å². The molecule has 5 atom stereocenters. The van der Waals surface area contributed by atoms with Gasteiger partial charge in [-0.3, -0.25) is 9.59 Å². The van der Waals surface area contributed by atoms with Gasteiger partial charge in [0.2, 0.25) is 5.91 Å². The Morgan fingerprint density at radius 1 is 0.935 bits per heavy atom. The lowest BCUT2D eigenvalue weighted by atomic mass is 9.98. The van der Waals surface area contributed by atoms with E-state index in [0.717, 1.165) is 0 Å². The van der Waals surface area contributed by atoms with E-state index in [4.69, 9.17) is 28.4 Å². The molecule has 1 aromatic carbocycles. The monoisotopic (exact) mass is 436 g/mol. The second-order valence-electron chi connectivity index (χ2n) is 8.58. The number of hydrogen-bond acceptors (Lipinski definition) is 8. The summed E-state index contributed by atoms with van der Waals surface area (Å²) in [5.41, 5.74) is 0.588. The Hall–Kier alpha value is -2.24. The van der Waals surface area contributed by atoms with E-state index in [1.807, 2.05) is 0 Å². The third-order valence-corrected chi connectivity index (χ3v) is 5.21. The Kier molecular flexibility index (Phi) is 5.69. The number of fused-ring (bicyclic) bond motifs is 3. The molecule has 3 aliphatic heterocycles. The van der Waals surface area contributed by atoms with Gasteiger partial charge in [0.05, 0.1) is 13.7 Å². The molecule has 3 saturated heterocycles. The second kappa shape index (κ2) is 8.03. The van der Waals surface area contributed by atoms with E-state index in [2.05, 4.69) is 10.6 Å². The minimum Gasteiger partial charge on any atom is -0.497 e. The lowest BCUT2D eigenvalue weighted by molar-refractivity contribution is -0.231. The number of nitrogens with one attached hydrogen (secondary N) is 2. The molecule has 3 aliphatic rings. The maximum Gasteiger partial charge on any atom is 0.252 e. The first kappa shape index (κ1) is 22.0. The third kappa shape index (κ3) is 4.68. The molecule has 170 valence electrons. The van der Waals surface area contributed by atoms with Crippen molar-refractivity contribution in [2.24, 2.45) is 0 Å². The molecule has 10 nitrogen and oxygen atoms in total. The van der Waals surface area contributed by atoms with Crippen LogP contribution in [0.3, 0.4) is 0 Å². The number of rotatable bonds is 5. The summed E-state index contributed by atoms with van der Waals surface area (Å²) >= 11 is 0. The van der Waals surface area contributed by atoms with Crippen LogP contribution in [0.25, 0.3) is 0 Å². The van der Waals surface area contributed by atoms with Crippen molar-refractivity contribution in [1.29, 1.82) is 0 Å². The van der Waals surface area contributed by atoms with Crippen LogP contribution < -0.4 is 15.4 Å². The maximum atomic E-state index is 12.9. The number of anilines is 1. The summed E-state index contributed by atoms with van der Waals surface area (Å²) in [6.45, 7) is 6.83. The van der Waals surface area contributed by atoms with E-state index in [0.29, 0.717) is 11.4 Å². The SMILES string of the molecule is COc1ccc(NC(=O)CNC(=O)[C@@H]2O[C@@H]3OC(C)(C)O[C@@H]3[C@H]3OC(C)(C)O[C@H]32)cc1. The van der Waals surface area contributed by atoms with Gasteiger partial charge >= 0.3 is 0 Å². The van der Waals surface area contributed by atoms with Crippen LogP contribution >= 0.6 is 0 Å². The van der Waals surface area contributed by atoms with Crippen LogP contribution in [0.15, 0.2) is 24.3 Å². The average molecular weight is 436 g/mol. The standard InChI is InChI=1S/C21H28N2O8/c1-20(2)28-14-15(29-20)17-19(31-21(3,4)30-17)27-16(14)18(25)22-10-13(24)23-11-6-8-12(26-5)9-7-11/h6-9,14-17,19H,10H2,1-5H3,(H,22,25)(H,23,24)/t14-,15+,16-,17-,19-/m1/s1. The highest BCUT2D eigenvalue weighted by atomic mass is 16.9. The smallest absolute Gasteiger partial charge is 0.252 e. The molecule has 0 saturated carbocycles. The number of benzene rings is 1. The van der Waals surface area contributed by atoms with Crippen molar-refractivity contribution in [2.75, 3.05) is 19.0 Å². The van der Waals surface area contributed by atoms with Gasteiger partial charge in [0.25, 0.3) is 5.91 Å². The predicted molar refractivity (Wildman–Crippen MR) is 107 cm³/mol. The van der Waals surface area contributed by atoms with Crippen LogP contribution in [-0.4, -0.2) is 67.7 Å². The Bertz CT molecular complexity index is 840. The fourth-order valence-corrected chi connectivity index (χ4v) is 3.97. The van der Waals surface area contributed by atoms with Crippen molar-refractivity contribution in [3.8, 4) is 5.75 Å². The number of carbonyl (C=O) groups excluding carboxylic acids is 2. The van der Waals surface area contributed by atoms with Gasteiger partial charge < -0.3 is 39.1 Å². The van der Waals surface area contributed by atoms with E-state index in [9.17, 15) is 9.59 Å². The molecule has 0 radical (unpaired) electrons. The summed E-state index contributed by atoms with van der Waals surface area (Å²) in [4.78, 5) is 25.1. The molecule has 10 heteroatoms. The van der Waals surface area contributed by atoms with Crippen molar-refractivity contribution in [3.05, 3.63) is 24.3 Å². The Morgan fingerprint density at radius 3 is 2.23 bits per heavy atom. The van der Waals surface area contributed by atoms with E-state index in [1.165, 1.54) is 0 Å². The molecule has 0 aromatic heterocycles. The zero-order chi connectivity index (χ0) is 22.4. The molecule has 0 bridgehead atoms. The fraction of sp³-hybridized carbons (Fsp3) is 0.619. The molecule has 31 heavy (non-hydrogen) atoms. The Balaban J connectivity index is 1.38. The number of hydrogen-bond donors (Lipinski definition) is 2. The maximum absolute atomic E-state index is 12.9. The normalized spacial score (nSPS) is 32.6. The largest absolute Gasteiger partial charge is 0.497 e. The number of ether oxygens (including phenoxy) is 6. The van der Waals surface area contributed by atoms with Crippen LogP contribution in [0.1, 0.15) is 27.7 Å². The first-order valence-electron chi connectivity index (χ1n) is 10.2. The third-order valence-electron chi connectivity index (χ3n) is 5.21. The van der Waals surface area contributed by atoms with Gasteiger partial charge in [0.1, 0.15) is 24.1 Å². The van der Waals surface area contributed by atoms with E-state index >= 15 is 0 Å². The molecule has 2 amide bonds. The van der Waals surface area contributed by atoms with Crippen molar-refractivity contribution >= 4 is 17.5 Å². The van der Waals surface area contributed by atoms with Crippen LogP contribution in [0.4, 0.5) is 5.69 Å². The van der Waals surface area contributed by atoms with Crippen molar-refractivity contribution in [3.63, 3.8) is 0 Å². The van der Waals surface area contributed by atoms with Crippen LogP contribution in [0.5, 0.6) is 5.75 Å². The van der Waals surface area contributed by atoms with Gasteiger partial charge in [0, 0.05) is 5.69 Å². The van der Waals surface area contributed by atoms with Crippen molar-refractivity contribution in [2.45, 2.75) is 70.0 Å². The summed E-state index contributed by atoms with van der Waals surface area (Å²) < 4.78 is 34.6. The first-order valence-corrected chi connectivity index (χ1v) is 10.2. The molecule has 0 spiro atoms. The highest BCUT2D eigenvalue weighted by Gasteiger charge is 2.62. The molecule has 2 N–H and O–H groups in total. The molecular weight excluding hydrogens is 408 g/mol. The lowest BCUT2D eigenvalue weighted by Crippen LogP contribution is -2.59. The van der Waals surface area contributed by atoms with Gasteiger partial charge in [-0.25, -0.2) is 0 Å². The first-order chi connectivity index (χ1) is 14.6. The summed E-state index contributed by atoms with van der Waals surface area (Å²) in [6, 6.07) is 6.87. The molecule has 4 rings (SSSR count). The molecule has 0 aliphatic carbocycles. The van der Waals surface area contributed by atoms with Gasteiger partial charge in [-0.1, -0.05) is 0 Å². The predicted octanol–water partition coefficient (Wildman–Crippen LogP) is 1.15. The second-order valence-corrected chi connectivity index (χ2v) is 8.58. The van der Waals surface area contributed by atoms with Gasteiger partial charge in [0.15, 0.2) is 24.0 Å². The highest BCUT2D eigenvalue weighted by molar-refractivity contribution is 5.95. The summed E-state index contributed by atoms with van der Waals surface area (Å²) in [5, 5.41) is 5.31.